The fraction of sp³-hybridized carbons (Fsp3) is 0.462. The molecule has 1 aliphatic heterocycles. The summed E-state index contributed by atoms with van der Waals surface area (Å²) in [6, 6.07) is 4.36. The average Bonchev–Trinajstić information content (AvgIpc) is 2.91. The van der Waals surface area contributed by atoms with Crippen LogP contribution in [0.2, 0.25) is 0 Å². The van der Waals surface area contributed by atoms with Gasteiger partial charge in [-0.05, 0) is 36.0 Å². The van der Waals surface area contributed by atoms with E-state index in [1.54, 1.807) is 6.07 Å². The van der Waals surface area contributed by atoms with Gasteiger partial charge in [0.1, 0.15) is 5.56 Å². The Kier molecular flexibility index (Phi) is 4.97. The van der Waals surface area contributed by atoms with Gasteiger partial charge in [-0.15, -0.1) is 0 Å². The van der Waals surface area contributed by atoms with Crippen LogP contribution in [-0.2, 0) is 6.54 Å². The first kappa shape index (κ1) is 14.8. The average molecular weight is 296 g/mol. The van der Waals surface area contributed by atoms with Crippen molar-refractivity contribution in [3.63, 3.8) is 0 Å². The Morgan fingerprint density at radius 3 is 2.95 bits per heavy atom. The van der Waals surface area contributed by atoms with Crippen LogP contribution in [0.4, 0.5) is 5.69 Å². The molecule has 0 bridgehead atoms. The number of aromatic carboxylic acids is 1. The zero-order valence-corrected chi connectivity index (χ0v) is 11.7. The third kappa shape index (κ3) is 3.49. The van der Waals surface area contributed by atoms with E-state index in [9.17, 15) is 20.0 Å². The van der Waals surface area contributed by atoms with Crippen LogP contribution in [0, 0.1) is 16.0 Å². The summed E-state index contributed by atoms with van der Waals surface area (Å²) in [4.78, 5) is 21.5. The van der Waals surface area contributed by atoms with Gasteiger partial charge in [-0.2, -0.15) is 11.8 Å². The quantitative estimate of drug-likeness (QED) is 0.617. The highest BCUT2D eigenvalue weighted by molar-refractivity contribution is 7.99. The molecule has 1 heterocycles. The number of carboxylic acids is 1. The zero-order chi connectivity index (χ0) is 14.5. The van der Waals surface area contributed by atoms with Gasteiger partial charge >= 0.3 is 5.97 Å². The van der Waals surface area contributed by atoms with Crippen molar-refractivity contribution in [2.75, 3.05) is 18.1 Å². The monoisotopic (exact) mass is 296 g/mol. The second kappa shape index (κ2) is 6.71. The largest absolute Gasteiger partial charge is 0.477 e. The molecule has 6 nitrogen and oxygen atoms in total. The highest BCUT2D eigenvalue weighted by Crippen LogP contribution is 2.24. The molecule has 0 amide bonds. The lowest BCUT2D eigenvalue weighted by atomic mass is 10.0. The van der Waals surface area contributed by atoms with Crippen molar-refractivity contribution >= 4 is 23.4 Å². The highest BCUT2D eigenvalue weighted by Gasteiger charge is 2.23. The zero-order valence-electron chi connectivity index (χ0n) is 10.9. The van der Waals surface area contributed by atoms with Crippen molar-refractivity contribution in [1.29, 1.82) is 0 Å². The van der Waals surface area contributed by atoms with E-state index in [0.717, 1.165) is 12.3 Å². The number of hydrogen-bond acceptors (Lipinski definition) is 5. The standard InChI is InChI=1S/C13H16N2O4S/c16-13(17)12-10(2-1-3-11(12)15(18)19)7-14-6-9-4-5-20-8-9/h1-3,9,14H,4-8H2,(H,16,17). The number of nitrogens with one attached hydrogen (secondary N) is 1. The van der Waals surface area contributed by atoms with Crippen LogP contribution in [0.15, 0.2) is 18.2 Å². The number of nitrogens with zero attached hydrogens (tertiary/aromatic N) is 1. The number of hydrogen-bond donors (Lipinski definition) is 2. The number of rotatable bonds is 6. The van der Waals surface area contributed by atoms with Gasteiger partial charge in [0.25, 0.3) is 5.69 Å². The maximum absolute atomic E-state index is 11.2. The second-order valence-electron chi connectivity index (χ2n) is 4.73. The first-order valence-corrected chi connectivity index (χ1v) is 7.53. The lowest BCUT2D eigenvalue weighted by molar-refractivity contribution is -0.385. The van der Waals surface area contributed by atoms with Gasteiger partial charge in [0.05, 0.1) is 4.92 Å². The van der Waals surface area contributed by atoms with E-state index in [4.69, 9.17) is 0 Å². The molecule has 1 aromatic carbocycles. The maximum atomic E-state index is 11.2. The molecule has 20 heavy (non-hydrogen) atoms. The Bertz CT molecular complexity index is 515. The molecular weight excluding hydrogens is 280 g/mol. The molecule has 1 aromatic rings. The number of thioether (sulfide) groups is 1. The number of carboxylic acid groups (broad SMARTS) is 1. The van der Waals surface area contributed by atoms with Crippen molar-refractivity contribution < 1.29 is 14.8 Å². The van der Waals surface area contributed by atoms with Gasteiger partial charge in [-0.1, -0.05) is 12.1 Å². The molecule has 0 aliphatic carbocycles. The third-order valence-corrected chi connectivity index (χ3v) is 4.54. The Morgan fingerprint density at radius 1 is 1.55 bits per heavy atom. The predicted octanol–water partition coefficient (Wildman–Crippen LogP) is 2.14. The normalized spacial score (nSPS) is 18.1. The maximum Gasteiger partial charge on any atom is 0.343 e. The highest BCUT2D eigenvalue weighted by atomic mass is 32.2. The van der Waals surface area contributed by atoms with Crippen LogP contribution in [0.25, 0.3) is 0 Å². The van der Waals surface area contributed by atoms with E-state index in [2.05, 4.69) is 5.32 Å². The molecule has 1 unspecified atom stereocenters. The number of benzene rings is 1. The molecule has 1 atom stereocenters. The summed E-state index contributed by atoms with van der Waals surface area (Å²) in [6.07, 6.45) is 1.17. The van der Waals surface area contributed by atoms with Crippen LogP contribution in [-0.4, -0.2) is 34.0 Å². The lowest BCUT2D eigenvalue weighted by Crippen LogP contribution is -2.23. The molecular formula is C13H16N2O4S. The number of nitro groups is 1. The molecule has 0 spiro atoms. The summed E-state index contributed by atoms with van der Waals surface area (Å²) in [5.74, 6) is 1.63. The van der Waals surface area contributed by atoms with Crippen LogP contribution < -0.4 is 5.32 Å². The summed E-state index contributed by atoms with van der Waals surface area (Å²) in [5.41, 5.74) is -0.114. The summed E-state index contributed by atoms with van der Waals surface area (Å²) in [6.45, 7) is 1.15. The van der Waals surface area contributed by atoms with Crippen LogP contribution in [0.5, 0.6) is 0 Å². The summed E-state index contributed by atoms with van der Waals surface area (Å²) < 4.78 is 0. The fourth-order valence-electron chi connectivity index (χ4n) is 2.29. The van der Waals surface area contributed by atoms with E-state index in [1.807, 2.05) is 11.8 Å². The third-order valence-electron chi connectivity index (χ3n) is 3.31. The lowest BCUT2D eigenvalue weighted by Gasteiger charge is -2.11. The minimum Gasteiger partial charge on any atom is -0.477 e. The minimum absolute atomic E-state index is 0.217. The molecule has 1 saturated heterocycles. The number of carbonyl (C=O) groups is 1. The van der Waals surface area contributed by atoms with Crippen LogP contribution in [0.3, 0.4) is 0 Å². The predicted molar refractivity (Wildman–Crippen MR) is 77.2 cm³/mol. The Morgan fingerprint density at radius 2 is 2.35 bits per heavy atom. The second-order valence-corrected chi connectivity index (χ2v) is 5.88. The minimum atomic E-state index is -1.26. The molecule has 2 N–H and O–H groups in total. The van der Waals surface area contributed by atoms with E-state index >= 15 is 0 Å². The van der Waals surface area contributed by atoms with Gasteiger partial charge in [-0.3, -0.25) is 10.1 Å². The molecule has 1 aliphatic rings. The summed E-state index contributed by atoms with van der Waals surface area (Å²) in [5, 5.41) is 23.3. The van der Waals surface area contributed by atoms with Crippen molar-refractivity contribution in [2.24, 2.45) is 5.92 Å². The van der Waals surface area contributed by atoms with E-state index in [0.29, 0.717) is 18.0 Å². The van der Waals surface area contributed by atoms with E-state index < -0.39 is 10.9 Å². The van der Waals surface area contributed by atoms with Gasteiger partial charge in [-0.25, -0.2) is 4.79 Å². The molecule has 7 heteroatoms. The topological polar surface area (TPSA) is 92.5 Å². The summed E-state index contributed by atoms with van der Waals surface area (Å²) >= 11 is 1.92. The van der Waals surface area contributed by atoms with E-state index in [1.165, 1.54) is 24.3 Å². The van der Waals surface area contributed by atoms with Gasteiger partial charge in [0, 0.05) is 12.6 Å². The molecule has 1 fully saturated rings. The first-order chi connectivity index (χ1) is 9.59. The van der Waals surface area contributed by atoms with Crippen molar-refractivity contribution in [2.45, 2.75) is 13.0 Å². The SMILES string of the molecule is O=C(O)c1c(CNCC2CCSC2)cccc1[N+](=O)[O-]. The Labute approximate surface area is 120 Å². The smallest absolute Gasteiger partial charge is 0.343 e. The van der Waals surface area contributed by atoms with E-state index in [-0.39, 0.29) is 11.3 Å². The van der Waals surface area contributed by atoms with Crippen LogP contribution in [0.1, 0.15) is 22.3 Å². The molecule has 0 saturated carbocycles. The first-order valence-electron chi connectivity index (χ1n) is 6.37. The molecule has 0 aromatic heterocycles. The number of nitro benzene ring substituents is 1. The van der Waals surface area contributed by atoms with Crippen molar-refractivity contribution in [1.82, 2.24) is 5.32 Å². The molecule has 108 valence electrons. The summed E-state index contributed by atoms with van der Waals surface area (Å²) in [7, 11) is 0. The van der Waals surface area contributed by atoms with Gasteiger partial charge in [0.15, 0.2) is 0 Å². The van der Waals surface area contributed by atoms with Gasteiger partial charge in [0.2, 0.25) is 0 Å². The molecule has 2 rings (SSSR count). The Hall–Kier alpha value is -1.60. The van der Waals surface area contributed by atoms with Crippen molar-refractivity contribution in [3.05, 3.63) is 39.4 Å². The van der Waals surface area contributed by atoms with Crippen LogP contribution >= 0.6 is 11.8 Å². The fourth-order valence-corrected chi connectivity index (χ4v) is 3.57. The molecule has 0 radical (unpaired) electrons. The Balaban J connectivity index is 2.08. The van der Waals surface area contributed by atoms with Gasteiger partial charge < -0.3 is 10.4 Å². The van der Waals surface area contributed by atoms with Crippen molar-refractivity contribution in [3.8, 4) is 0 Å².